The van der Waals surface area contributed by atoms with E-state index in [9.17, 15) is 9.90 Å². The molecule has 0 saturated heterocycles. The van der Waals surface area contributed by atoms with E-state index in [1.165, 1.54) is 5.57 Å². The van der Waals surface area contributed by atoms with Gasteiger partial charge in [0.2, 0.25) is 0 Å². The topological polar surface area (TPSA) is 37.3 Å². The van der Waals surface area contributed by atoms with Crippen molar-refractivity contribution in [3.8, 4) is 0 Å². The highest BCUT2D eigenvalue weighted by Gasteiger charge is 2.30. The lowest BCUT2D eigenvalue weighted by molar-refractivity contribution is -0.136. The maximum Gasteiger partial charge on any atom is 0.164 e. The van der Waals surface area contributed by atoms with Crippen LogP contribution in [-0.2, 0) is 4.79 Å². The lowest BCUT2D eigenvalue weighted by Crippen LogP contribution is -2.35. The SMILES string of the molecule is C=C(C)[C@H]1C/C=C(\C)CCC(=O)C(C)(O)CC1. The molecule has 0 aliphatic heterocycles. The Bertz CT molecular complexity index is 337. The van der Waals surface area contributed by atoms with Crippen LogP contribution < -0.4 is 0 Å². The van der Waals surface area contributed by atoms with Crippen LogP contribution in [0.1, 0.15) is 52.9 Å². The van der Waals surface area contributed by atoms with Crippen LogP contribution in [0.3, 0.4) is 0 Å². The molecule has 1 unspecified atom stereocenters. The summed E-state index contributed by atoms with van der Waals surface area (Å²) < 4.78 is 0. The van der Waals surface area contributed by atoms with Crippen LogP contribution in [0.15, 0.2) is 23.8 Å². The third kappa shape index (κ3) is 4.12. The predicted octanol–water partition coefficient (Wildman–Crippen LogP) is 3.41. The van der Waals surface area contributed by atoms with Gasteiger partial charge in [0, 0.05) is 6.42 Å². The summed E-state index contributed by atoms with van der Waals surface area (Å²) in [6.45, 7) is 9.72. The molecule has 2 atom stereocenters. The molecular weight excluding hydrogens is 212 g/mol. The van der Waals surface area contributed by atoms with Gasteiger partial charge in [0.05, 0.1) is 0 Å². The Hall–Kier alpha value is -0.890. The maximum atomic E-state index is 11.9. The van der Waals surface area contributed by atoms with E-state index in [0.29, 0.717) is 18.8 Å². The number of aliphatic hydroxyl groups is 1. The van der Waals surface area contributed by atoms with E-state index in [-0.39, 0.29) is 5.78 Å². The summed E-state index contributed by atoms with van der Waals surface area (Å²) in [5.41, 5.74) is 1.21. The van der Waals surface area contributed by atoms with Crippen molar-refractivity contribution in [2.45, 2.75) is 58.5 Å². The Morgan fingerprint density at radius 3 is 2.76 bits per heavy atom. The van der Waals surface area contributed by atoms with E-state index in [1.807, 2.05) is 6.92 Å². The van der Waals surface area contributed by atoms with E-state index in [4.69, 9.17) is 0 Å². The smallest absolute Gasteiger partial charge is 0.164 e. The number of hydrogen-bond acceptors (Lipinski definition) is 2. The van der Waals surface area contributed by atoms with Gasteiger partial charge in [-0.3, -0.25) is 4.79 Å². The summed E-state index contributed by atoms with van der Waals surface area (Å²) in [4.78, 5) is 11.9. The summed E-state index contributed by atoms with van der Waals surface area (Å²) in [7, 11) is 0. The van der Waals surface area contributed by atoms with Gasteiger partial charge < -0.3 is 5.11 Å². The minimum Gasteiger partial charge on any atom is -0.382 e. The van der Waals surface area contributed by atoms with E-state index >= 15 is 0 Å². The third-order valence-electron chi connectivity index (χ3n) is 3.77. The van der Waals surface area contributed by atoms with Crippen LogP contribution in [0.25, 0.3) is 0 Å². The van der Waals surface area contributed by atoms with Gasteiger partial charge in [0.1, 0.15) is 5.60 Å². The zero-order valence-electron chi connectivity index (χ0n) is 11.3. The van der Waals surface area contributed by atoms with Gasteiger partial charge in [0.25, 0.3) is 0 Å². The van der Waals surface area contributed by atoms with Crippen molar-refractivity contribution in [3.05, 3.63) is 23.8 Å². The van der Waals surface area contributed by atoms with Crippen molar-refractivity contribution in [1.82, 2.24) is 0 Å². The van der Waals surface area contributed by atoms with Gasteiger partial charge in [0.15, 0.2) is 5.78 Å². The van der Waals surface area contributed by atoms with E-state index in [0.717, 1.165) is 24.8 Å². The number of Topliss-reactive ketones (excluding diaryl/α,β-unsaturated/α-hetero) is 1. The van der Waals surface area contributed by atoms with Gasteiger partial charge in [-0.15, -0.1) is 0 Å². The first-order valence-electron chi connectivity index (χ1n) is 6.39. The van der Waals surface area contributed by atoms with Crippen molar-refractivity contribution in [3.63, 3.8) is 0 Å². The molecule has 1 aliphatic rings. The Morgan fingerprint density at radius 2 is 2.18 bits per heavy atom. The lowest BCUT2D eigenvalue weighted by atomic mass is 9.83. The van der Waals surface area contributed by atoms with Crippen LogP contribution in [0.2, 0.25) is 0 Å². The van der Waals surface area contributed by atoms with Crippen LogP contribution >= 0.6 is 0 Å². The fraction of sp³-hybridized carbons (Fsp3) is 0.667. The molecule has 0 bridgehead atoms. The van der Waals surface area contributed by atoms with E-state index in [1.54, 1.807) is 6.92 Å². The van der Waals surface area contributed by atoms with Crippen molar-refractivity contribution < 1.29 is 9.90 Å². The molecule has 0 fully saturated rings. The van der Waals surface area contributed by atoms with Crippen LogP contribution in [0, 0.1) is 5.92 Å². The first-order chi connectivity index (χ1) is 7.83. The van der Waals surface area contributed by atoms with Crippen molar-refractivity contribution in [2.75, 3.05) is 0 Å². The molecule has 0 spiro atoms. The van der Waals surface area contributed by atoms with Crippen LogP contribution in [-0.4, -0.2) is 16.5 Å². The molecule has 96 valence electrons. The summed E-state index contributed by atoms with van der Waals surface area (Å²) in [6, 6.07) is 0. The number of carbonyl (C=O) groups is 1. The highest BCUT2D eigenvalue weighted by atomic mass is 16.3. The van der Waals surface area contributed by atoms with Gasteiger partial charge in [-0.1, -0.05) is 23.8 Å². The summed E-state index contributed by atoms with van der Waals surface area (Å²) in [6.07, 6.45) is 5.77. The molecule has 0 aromatic heterocycles. The number of ketones is 1. The molecule has 0 amide bonds. The molecule has 0 aromatic carbocycles. The second-order valence-electron chi connectivity index (χ2n) is 5.57. The molecule has 0 aromatic rings. The second kappa shape index (κ2) is 5.63. The van der Waals surface area contributed by atoms with Crippen LogP contribution in [0.5, 0.6) is 0 Å². The molecule has 0 radical (unpaired) electrons. The van der Waals surface area contributed by atoms with Gasteiger partial charge in [-0.2, -0.15) is 0 Å². The number of allylic oxidation sites excluding steroid dienone is 3. The minimum atomic E-state index is -1.16. The molecule has 1 rings (SSSR count). The zero-order valence-corrected chi connectivity index (χ0v) is 11.3. The fourth-order valence-electron chi connectivity index (χ4n) is 2.19. The number of rotatable bonds is 1. The van der Waals surface area contributed by atoms with Crippen molar-refractivity contribution in [1.29, 1.82) is 0 Å². The molecule has 0 saturated carbocycles. The average Bonchev–Trinajstić information content (AvgIpc) is 2.24. The molecule has 1 N–H and O–H groups in total. The highest BCUT2D eigenvalue weighted by molar-refractivity contribution is 5.86. The Kier molecular flexibility index (Phi) is 4.70. The van der Waals surface area contributed by atoms with E-state index in [2.05, 4.69) is 19.6 Å². The standard InChI is InChI=1S/C15H24O2/c1-11(2)13-7-5-12(3)6-8-14(16)15(4,17)10-9-13/h5,13,17H,1,6-10H2,2-4H3/b12-5+/t13-,15?/m0/s1. The lowest BCUT2D eigenvalue weighted by Gasteiger charge is -2.26. The van der Waals surface area contributed by atoms with Crippen molar-refractivity contribution >= 4 is 5.78 Å². The van der Waals surface area contributed by atoms with Crippen molar-refractivity contribution in [2.24, 2.45) is 5.92 Å². The third-order valence-corrected chi connectivity index (χ3v) is 3.77. The highest BCUT2D eigenvalue weighted by Crippen LogP contribution is 2.28. The predicted molar refractivity (Wildman–Crippen MR) is 70.8 cm³/mol. The van der Waals surface area contributed by atoms with Gasteiger partial charge in [-0.25, -0.2) is 0 Å². The molecule has 2 heteroatoms. The monoisotopic (exact) mass is 236 g/mol. The first kappa shape index (κ1) is 14.2. The summed E-state index contributed by atoms with van der Waals surface area (Å²) in [5, 5.41) is 10.2. The summed E-state index contributed by atoms with van der Waals surface area (Å²) >= 11 is 0. The molecular formula is C15H24O2. The summed E-state index contributed by atoms with van der Waals surface area (Å²) in [5.74, 6) is 0.343. The van der Waals surface area contributed by atoms with Gasteiger partial charge in [-0.05, 0) is 52.4 Å². The molecule has 1 aliphatic carbocycles. The zero-order chi connectivity index (χ0) is 13.1. The Morgan fingerprint density at radius 1 is 1.53 bits per heavy atom. The number of hydrogen-bond donors (Lipinski definition) is 1. The van der Waals surface area contributed by atoms with Gasteiger partial charge >= 0.3 is 0 Å². The quantitative estimate of drug-likeness (QED) is 0.708. The first-order valence-corrected chi connectivity index (χ1v) is 6.39. The maximum absolute atomic E-state index is 11.9. The minimum absolute atomic E-state index is 0.0346. The molecule has 17 heavy (non-hydrogen) atoms. The van der Waals surface area contributed by atoms with E-state index < -0.39 is 5.60 Å². The Labute approximate surface area is 104 Å². The normalized spacial score (nSPS) is 34.9. The van der Waals surface area contributed by atoms with Crippen LogP contribution in [0.4, 0.5) is 0 Å². The largest absolute Gasteiger partial charge is 0.382 e. The fourth-order valence-corrected chi connectivity index (χ4v) is 2.19. The number of carbonyl (C=O) groups excluding carboxylic acids is 1. The Balaban J connectivity index is 2.86. The second-order valence-corrected chi connectivity index (χ2v) is 5.57. The molecule has 2 nitrogen and oxygen atoms in total. The molecule has 0 heterocycles. The average molecular weight is 236 g/mol.